The molecule has 2 aromatic rings. The second-order valence-electron chi connectivity index (χ2n) is 3.69. The summed E-state index contributed by atoms with van der Waals surface area (Å²) >= 11 is 7.43. The molecule has 0 aliphatic rings. The molecule has 1 atom stereocenters. The molecule has 6 heteroatoms. The number of hydrogen-bond donors (Lipinski definition) is 1. The molecular formula is C10H12ClN3OS. The van der Waals surface area contributed by atoms with Gasteiger partial charge in [0.05, 0.1) is 16.9 Å². The first-order valence-corrected chi connectivity index (χ1v) is 6.17. The minimum absolute atomic E-state index is 0.150. The largest absolute Gasteiger partial charge is 0.379 e. The number of hydrogen-bond acceptors (Lipinski definition) is 4. The van der Waals surface area contributed by atoms with Crippen molar-refractivity contribution < 1.29 is 5.11 Å². The molecule has 0 aliphatic heterocycles. The van der Waals surface area contributed by atoms with Gasteiger partial charge in [0, 0.05) is 17.6 Å². The number of aliphatic hydroxyl groups excluding tert-OH is 1. The first kappa shape index (κ1) is 11.6. The van der Waals surface area contributed by atoms with Gasteiger partial charge in [0.2, 0.25) is 0 Å². The number of nitrogens with zero attached hydrogens (tertiary/aromatic N) is 3. The van der Waals surface area contributed by atoms with Crippen LogP contribution in [0.3, 0.4) is 0 Å². The summed E-state index contributed by atoms with van der Waals surface area (Å²) in [5.41, 5.74) is 0.603. The van der Waals surface area contributed by atoms with Crippen LogP contribution in [0.4, 0.5) is 0 Å². The molecule has 86 valence electrons. The van der Waals surface area contributed by atoms with E-state index in [4.69, 9.17) is 11.6 Å². The highest BCUT2D eigenvalue weighted by Crippen LogP contribution is 2.30. The van der Waals surface area contributed by atoms with Crippen molar-refractivity contribution >= 4 is 22.9 Å². The van der Waals surface area contributed by atoms with Gasteiger partial charge in [-0.1, -0.05) is 11.6 Å². The van der Waals surface area contributed by atoms with Gasteiger partial charge in [-0.15, -0.1) is 11.3 Å². The maximum Gasteiger partial charge on any atom is 0.148 e. The molecule has 2 rings (SSSR count). The summed E-state index contributed by atoms with van der Waals surface area (Å²) in [4.78, 5) is 4.08. The van der Waals surface area contributed by atoms with Crippen LogP contribution in [0.2, 0.25) is 5.02 Å². The molecule has 0 aromatic carbocycles. The lowest BCUT2D eigenvalue weighted by molar-refractivity contribution is 0.204. The van der Waals surface area contributed by atoms with E-state index in [-0.39, 0.29) is 6.04 Å². The summed E-state index contributed by atoms with van der Waals surface area (Å²) < 4.78 is 1.72. The second-order valence-corrected chi connectivity index (χ2v) is 5.02. The Morgan fingerprint density at radius 3 is 2.81 bits per heavy atom. The molecule has 0 fully saturated rings. The Labute approximate surface area is 103 Å². The van der Waals surface area contributed by atoms with Crippen LogP contribution >= 0.6 is 22.9 Å². The van der Waals surface area contributed by atoms with Crippen molar-refractivity contribution in [3.8, 4) is 0 Å². The minimum atomic E-state index is -0.808. The fraction of sp³-hybridized carbons (Fsp3) is 0.400. The Balaban J connectivity index is 2.43. The van der Waals surface area contributed by atoms with Crippen molar-refractivity contribution in [2.75, 3.05) is 0 Å². The molecule has 2 aromatic heterocycles. The fourth-order valence-electron chi connectivity index (χ4n) is 1.50. The molecule has 0 amide bonds. The van der Waals surface area contributed by atoms with Gasteiger partial charge in [-0.05, 0) is 13.8 Å². The fourth-order valence-corrected chi connectivity index (χ4v) is 2.36. The summed E-state index contributed by atoms with van der Waals surface area (Å²) in [5, 5.41) is 17.3. The van der Waals surface area contributed by atoms with Crippen LogP contribution in [0.1, 0.15) is 36.7 Å². The third-order valence-electron chi connectivity index (χ3n) is 2.22. The van der Waals surface area contributed by atoms with Gasteiger partial charge < -0.3 is 5.11 Å². The van der Waals surface area contributed by atoms with Gasteiger partial charge in [0.15, 0.2) is 0 Å². The Hall–Kier alpha value is -0.910. The molecule has 4 nitrogen and oxygen atoms in total. The number of aliphatic hydroxyl groups is 1. The predicted molar refractivity (Wildman–Crippen MR) is 63.8 cm³/mol. The number of rotatable bonds is 3. The Kier molecular flexibility index (Phi) is 3.28. The smallest absolute Gasteiger partial charge is 0.148 e. The zero-order valence-electron chi connectivity index (χ0n) is 8.96. The van der Waals surface area contributed by atoms with Crippen molar-refractivity contribution in [2.24, 2.45) is 0 Å². The van der Waals surface area contributed by atoms with Crippen molar-refractivity contribution in [1.82, 2.24) is 14.8 Å². The van der Waals surface area contributed by atoms with E-state index in [9.17, 15) is 5.11 Å². The maximum atomic E-state index is 10.2. The van der Waals surface area contributed by atoms with Crippen LogP contribution in [0.25, 0.3) is 0 Å². The average Bonchev–Trinajstić information content (AvgIpc) is 2.84. The van der Waals surface area contributed by atoms with Gasteiger partial charge >= 0.3 is 0 Å². The van der Waals surface area contributed by atoms with Crippen molar-refractivity contribution in [2.45, 2.75) is 26.0 Å². The van der Waals surface area contributed by atoms with E-state index in [2.05, 4.69) is 10.1 Å². The first-order valence-electron chi connectivity index (χ1n) is 4.91. The van der Waals surface area contributed by atoms with Gasteiger partial charge in [-0.2, -0.15) is 5.10 Å². The van der Waals surface area contributed by atoms with Crippen LogP contribution in [0.15, 0.2) is 17.8 Å². The van der Waals surface area contributed by atoms with Crippen molar-refractivity contribution in [3.63, 3.8) is 0 Å². The SMILES string of the molecule is CC(C)n1ncc(Cl)c1C(O)c1nccs1. The monoisotopic (exact) mass is 257 g/mol. The highest BCUT2D eigenvalue weighted by atomic mass is 35.5. The van der Waals surface area contributed by atoms with Crippen LogP contribution in [-0.4, -0.2) is 19.9 Å². The lowest BCUT2D eigenvalue weighted by Gasteiger charge is -2.14. The molecular weight excluding hydrogens is 246 g/mol. The predicted octanol–water partition coefficient (Wildman–Crippen LogP) is 2.66. The Morgan fingerprint density at radius 1 is 1.50 bits per heavy atom. The van der Waals surface area contributed by atoms with E-state index >= 15 is 0 Å². The van der Waals surface area contributed by atoms with E-state index in [0.717, 1.165) is 0 Å². The highest BCUT2D eigenvalue weighted by molar-refractivity contribution is 7.09. The zero-order valence-corrected chi connectivity index (χ0v) is 10.5. The molecule has 0 saturated heterocycles. The van der Waals surface area contributed by atoms with E-state index in [1.807, 2.05) is 19.2 Å². The summed E-state index contributed by atoms with van der Waals surface area (Å²) in [6.45, 7) is 3.97. The molecule has 1 unspecified atom stereocenters. The average molecular weight is 258 g/mol. The van der Waals surface area contributed by atoms with Gasteiger partial charge in [-0.25, -0.2) is 4.98 Å². The lowest BCUT2D eigenvalue weighted by atomic mass is 10.2. The molecule has 2 heterocycles. The number of thiazole rings is 1. The van der Waals surface area contributed by atoms with Gasteiger partial charge in [0.1, 0.15) is 11.1 Å². The molecule has 1 N–H and O–H groups in total. The van der Waals surface area contributed by atoms with Crippen LogP contribution in [0.5, 0.6) is 0 Å². The minimum Gasteiger partial charge on any atom is -0.379 e. The molecule has 0 aliphatic carbocycles. The normalized spacial score (nSPS) is 13.3. The molecule has 0 spiro atoms. The highest BCUT2D eigenvalue weighted by Gasteiger charge is 2.22. The molecule has 16 heavy (non-hydrogen) atoms. The van der Waals surface area contributed by atoms with Gasteiger partial charge in [0.25, 0.3) is 0 Å². The molecule has 0 radical (unpaired) electrons. The third-order valence-corrected chi connectivity index (χ3v) is 3.34. The molecule has 0 saturated carbocycles. The standard InChI is InChI=1S/C10H12ClN3OS/c1-6(2)14-8(7(11)5-13-14)9(15)10-12-3-4-16-10/h3-6,9,15H,1-2H3. The first-order chi connectivity index (χ1) is 7.61. The number of aromatic nitrogens is 3. The zero-order chi connectivity index (χ0) is 11.7. The van der Waals surface area contributed by atoms with Crippen LogP contribution < -0.4 is 0 Å². The second kappa shape index (κ2) is 4.53. The van der Waals surface area contributed by atoms with E-state index in [1.54, 1.807) is 17.1 Å². The van der Waals surface area contributed by atoms with Crippen LogP contribution in [0, 0.1) is 0 Å². The summed E-state index contributed by atoms with van der Waals surface area (Å²) in [5.74, 6) is 0. The van der Waals surface area contributed by atoms with Crippen molar-refractivity contribution in [1.29, 1.82) is 0 Å². The van der Waals surface area contributed by atoms with E-state index in [0.29, 0.717) is 15.7 Å². The lowest BCUT2D eigenvalue weighted by Crippen LogP contribution is -2.12. The van der Waals surface area contributed by atoms with Gasteiger partial charge in [-0.3, -0.25) is 4.68 Å². The van der Waals surface area contributed by atoms with Crippen molar-refractivity contribution in [3.05, 3.63) is 33.5 Å². The van der Waals surface area contributed by atoms with E-state index < -0.39 is 6.10 Å². The number of halogens is 1. The maximum absolute atomic E-state index is 10.2. The third kappa shape index (κ3) is 1.98. The quantitative estimate of drug-likeness (QED) is 0.920. The van der Waals surface area contributed by atoms with Crippen LogP contribution in [-0.2, 0) is 0 Å². The summed E-state index contributed by atoms with van der Waals surface area (Å²) in [7, 11) is 0. The summed E-state index contributed by atoms with van der Waals surface area (Å²) in [6, 6.07) is 0.150. The van der Waals surface area contributed by atoms with E-state index in [1.165, 1.54) is 11.3 Å². The molecule has 0 bridgehead atoms. The Morgan fingerprint density at radius 2 is 2.25 bits per heavy atom. The summed E-state index contributed by atoms with van der Waals surface area (Å²) in [6.07, 6.45) is 2.40. The topological polar surface area (TPSA) is 50.9 Å². The Bertz CT molecular complexity index is 466.